The molecule has 0 aliphatic rings. The molecule has 0 amide bonds. The molecule has 0 aliphatic heterocycles. The van der Waals surface area contributed by atoms with Crippen LogP contribution in [0.15, 0.2) is 200 Å². The second-order valence-electron chi connectivity index (χ2n) is 19.6. The largest absolute Gasteiger partial charge is 0.505 e. The summed E-state index contributed by atoms with van der Waals surface area (Å²) in [6.45, 7) is 13.4. The van der Waals surface area contributed by atoms with Gasteiger partial charge in [0.15, 0.2) is 11.3 Å². The molecule has 0 unspecified atom stereocenters. The fourth-order valence-electron chi connectivity index (χ4n) is 9.81. The standard InChI is InChI=1S/2C24H21N3O2.C19H14N2O2/c1-15-7-6-8-16(2)22(15)27-21(12-11-18-14-25-13-17(3)23(18)28)26-20-10-5-4-9-19(20)24(27)29;1-15-7-6-8-16(2)22(15)27-21(12-11-18-13-14-25-17(3)23(18)28)26-20-10-5-4-9-19(20)24(27)29;1-13-6-2-5-9-17(13)21-18(14-10-11-23-12-14)20-16-8-4-3-7-15(16)19(21)22/h4-14H,1-3H3,(H,25,28);4-14,28H,1-3H3;2-12H,1H3/b2*12-11+;. The van der Waals surface area contributed by atoms with Crippen LogP contribution in [-0.4, -0.2) is 43.7 Å². The maximum Gasteiger partial charge on any atom is 0.266 e. The van der Waals surface area contributed by atoms with Crippen molar-refractivity contribution in [2.75, 3.05) is 0 Å². The van der Waals surface area contributed by atoms with Crippen LogP contribution in [0, 0.1) is 48.5 Å². The monoisotopic (exact) mass is 1070 g/mol. The van der Waals surface area contributed by atoms with Gasteiger partial charge in [0.2, 0.25) is 0 Å². The zero-order valence-corrected chi connectivity index (χ0v) is 45.7. The van der Waals surface area contributed by atoms with Crippen LogP contribution in [0.1, 0.15) is 61.9 Å². The lowest BCUT2D eigenvalue weighted by atomic mass is 10.1. The third-order valence-corrected chi connectivity index (χ3v) is 14.0. The van der Waals surface area contributed by atoms with Crippen LogP contribution in [0.5, 0.6) is 5.75 Å². The van der Waals surface area contributed by atoms with E-state index >= 15 is 0 Å². The number of fused-ring (bicyclic) bond motifs is 3. The maximum atomic E-state index is 13.4. The molecule has 0 bridgehead atoms. The van der Waals surface area contributed by atoms with Crippen molar-refractivity contribution in [3.63, 3.8) is 0 Å². The van der Waals surface area contributed by atoms with Gasteiger partial charge < -0.3 is 14.5 Å². The Balaban J connectivity index is 0.000000137. The SMILES string of the molecule is Cc1cccc(C)c1-n1c(/C=C/c2c[nH]cc(C)c2=O)nc2ccccc2c1=O.Cc1cccc(C)c1-n1c(/C=C/c2ccnc(C)c2O)nc2ccccc2c1=O.Cc1ccccc1-n1c(-c2ccoc2)nc2ccccc2c1=O. The Morgan fingerprint density at radius 3 is 1.46 bits per heavy atom. The summed E-state index contributed by atoms with van der Waals surface area (Å²) in [5.41, 5.74) is 12.0. The van der Waals surface area contributed by atoms with Gasteiger partial charge in [-0.15, -0.1) is 0 Å². The number of hydrogen-bond donors (Lipinski definition) is 2. The molecule has 14 nitrogen and oxygen atoms in total. The minimum Gasteiger partial charge on any atom is -0.505 e. The van der Waals surface area contributed by atoms with Gasteiger partial charge in [0.1, 0.15) is 23.7 Å². The van der Waals surface area contributed by atoms with Gasteiger partial charge in [-0.25, -0.2) is 15.0 Å². The molecule has 0 fully saturated rings. The molecule has 6 aromatic carbocycles. The molecule has 0 radical (unpaired) electrons. The topological polar surface area (TPSA) is 184 Å². The molecule has 0 spiro atoms. The van der Waals surface area contributed by atoms with Crippen molar-refractivity contribution < 1.29 is 9.52 Å². The second kappa shape index (κ2) is 23.2. The van der Waals surface area contributed by atoms with Crippen molar-refractivity contribution in [2.45, 2.75) is 48.5 Å². The number of furan rings is 1. The van der Waals surface area contributed by atoms with Crippen LogP contribution in [0.4, 0.5) is 0 Å². The minimum atomic E-state index is -0.134. The van der Waals surface area contributed by atoms with Gasteiger partial charge in [-0.3, -0.25) is 37.9 Å². The quantitative estimate of drug-likeness (QED) is 0.148. The number of aromatic hydroxyl groups is 1. The van der Waals surface area contributed by atoms with Gasteiger partial charge in [-0.2, -0.15) is 0 Å². The zero-order valence-electron chi connectivity index (χ0n) is 45.7. The van der Waals surface area contributed by atoms with E-state index in [0.29, 0.717) is 72.6 Å². The first-order valence-electron chi connectivity index (χ1n) is 26.2. The summed E-state index contributed by atoms with van der Waals surface area (Å²) in [6, 6.07) is 45.2. The lowest BCUT2D eigenvalue weighted by Crippen LogP contribution is -2.24. The van der Waals surface area contributed by atoms with Crippen molar-refractivity contribution in [3.8, 4) is 34.2 Å². The molecule has 6 aromatic heterocycles. The third kappa shape index (κ3) is 10.9. The fourth-order valence-corrected chi connectivity index (χ4v) is 9.81. The minimum absolute atomic E-state index is 0.0539. The molecule has 0 atom stereocenters. The Morgan fingerprint density at radius 2 is 0.938 bits per heavy atom. The van der Waals surface area contributed by atoms with Gasteiger partial charge in [-0.05, 0) is 155 Å². The fraction of sp³-hybridized carbons (Fsp3) is 0.104. The Kier molecular flexibility index (Phi) is 15.4. The number of aromatic nitrogens is 8. The molecule has 14 heteroatoms. The summed E-state index contributed by atoms with van der Waals surface area (Å²) < 4.78 is 10.1. The van der Waals surface area contributed by atoms with Crippen LogP contribution in [0.3, 0.4) is 0 Å². The first kappa shape index (κ1) is 53.8. The number of aromatic amines is 1. The molecule has 12 rings (SSSR count). The number of pyridine rings is 2. The summed E-state index contributed by atoms with van der Waals surface area (Å²) in [5, 5.41) is 12.0. The highest BCUT2D eigenvalue weighted by Gasteiger charge is 2.19. The summed E-state index contributed by atoms with van der Waals surface area (Å²) >= 11 is 0. The average molecular weight is 1070 g/mol. The first-order valence-corrected chi connectivity index (χ1v) is 26.2. The number of hydrogen-bond acceptors (Lipinski definition) is 10. The Labute approximate surface area is 465 Å². The number of nitrogens with zero attached hydrogens (tertiary/aromatic N) is 7. The lowest BCUT2D eigenvalue weighted by molar-refractivity contribution is 0.466. The van der Waals surface area contributed by atoms with Gasteiger partial charge in [-0.1, -0.05) is 91.0 Å². The zero-order chi connectivity index (χ0) is 56.9. The van der Waals surface area contributed by atoms with Crippen molar-refractivity contribution >= 4 is 57.0 Å². The Bertz CT molecular complexity index is 4640. The van der Waals surface area contributed by atoms with Crippen molar-refractivity contribution in [2.24, 2.45) is 0 Å². The number of nitrogens with one attached hydrogen (secondary N) is 1. The van der Waals surface area contributed by atoms with Crippen LogP contribution in [-0.2, 0) is 0 Å². The molecular formula is C67H56N8O6. The molecular weight excluding hydrogens is 1010 g/mol. The highest BCUT2D eigenvalue weighted by atomic mass is 16.3. The Morgan fingerprint density at radius 1 is 0.469 bits per heavy atom. The van der Waals surface area contributed by atoms with Crippen LogP contribution in [0.25, 0.3) is 85.5 Å². The normalized spacial score (nSPS) is 11.3. The summed E-state index contributed by atoms with van der Waals surface area (Å²) in [4.78, 5) is 73.5. The number of benzene rings is 6. The van der Waals surface area contributed by atoms with Crippen molar-refractivity contribution in [3.05, 3.63) is 280 Å². The Hall–Kier alpha value is -10.6. The molecule has 81 heavy (non-hydrogen) atoms. The maximum absolute atomic E-state index is 13.4. The lowest BCUT2D eigenvalue weighted by Gasteiger charge is -2.16. The van der Waals surface area contributed by atoms with Crippen molar-refractivity contribution in [1.29, 1.82) is 0 Å². The summed E-state index contributed by atoms with van der Waals surface area (Å²) in [7, 11) is 0. The van der Waals surface area contributed by atoms with E-state index in [4.69, 9.17) is 19.4 Å². The predicted octanol–water partition coefficient (Wildman–Crippen LogP) is 12.7. The average Bonchev–Trinajstić information content (AvgIpc) is 4.18. The highest BCUT2D eigenvalue weighted by Crippen LogP contribution is 2.27. The van der Waals surface area contributed by atoms with E-state index in [-0.39, 0.29) is 27.9 Å². The van der Waals surface area contributed by atoms with E-state index in [2.05, 4.69) is 9.97 Å². The number of H-pyrrole nitrogens is 1. The van der Waals surface area contributed by atoms with E-state index in [0.717, 1.165) is 50.4 Å². The van der Waals surface area contributed by atoms with E-state index in [9.17, 15) is 24.3 Å². The number of para-hydroxylation sites is 6. The molecule has 0 saturated heterocycles. The van der Waals surface area contributed by atoms with E-state index in [1.165, 1.54) is 0 Å². The van der Waals surface area contributed by atoms with E-state index < -0.39 is 0 Å². The highest BCUT2D eigenvalue weighted by molar-refractivity contribution is 5.83. The molecule has 0 aliphatic carbocycles. The summed E-state index contributed by atoms with van der Waals surface area (Å²) in [5.74, 6) is 1.68. The summed E-state index contributed by atoms with van der Waals surface area (Å²) in [6.07, 6.45) is 15.1. The number of rotatable bonds is 8. The van der Waals surface area contributed by atoms with Gasteiger partial charge in [0.05, 0.1) is 67.3 Å². The van der Waals surface area contributed by atoms with Crippen molar-refractivity contribution in [1.82, 2.24) is 38.6 Å². The molecule has 2 N–H and O–H groups in total. The van der Waals surface area contributed by atoms with Crippen LogP contribution in [0.2, 0.25) is 0 Å². The van der Waals surface area contributed by atoms with Crippen LogP contribution < -0.4 is 22.1 Å². The molecule has 0 saturated carbocycles. The predicted molar refractivity (Wildman–Crippen MR) is 324 cm³/mol. The van der Waals surface area contributed by atoms with Gasteiger partial charge in [0.25, 0.3) is 16.7 Å². The number of aryl methyl sites for hydroxylation is 7. The second-order valence-corrected chi connectivity index (χ2v) is 19.6. The van der Waals surface area contributed by atoms with Gasteiger partial charge in [0, 0.05) is 35.3 Å². The third-order valence-electron chi connectivity index (χ3n) is 14.0. The van der Waals surface area contributed by atoms with E-state index in [1.807, 2.05) is 156 Å². The van der Waals surface area contributed by atoms with Gasteiger partial charge >= 0.3 is 0 Å². The molecule has 12 aromatic rings. The van der Waals surface area contributed by atoms with Crippen LogP contribution >= 0.6 is 0 Å². The first-order chi connectivity index (χ1) is 39.2. The molecule has 400 valence electrons. The van der Waals surface area contributed by atoms with E-state index in [1.54, 1.807) is 107 Å². The smallest absolute Gasteiger partial charge is 0.266 e. The molecule has 6 heterocycles.